The maximum atomic E-state index is 11.8. The van der Waals surface area contributed by atoms with E-state index in [2.05, 4.69) is 15.4 Å². The van der Waals surface area contributed by atoms with Crippen LogP contribution in [0, 0.1) is 12.8 Å². The molecule has 5 nitrogen and oxygen atoms in total. The maximum absolute atomic E-state index is 11.8. The molecule has 0 spiro atoms. The zero-order chi connectivity index (χ0) is 14.4. The minimum atomic E-state index is -0.657. The van der Waals surface area contributed by atoms with Crippen LogP contribution < -0.4 is 10.6 Å². The van der Waals surface area contributed by atoms with Crippen molar-refractivity contribution in [3.8, 4) is 0 Å². The van der Waals surface area contributed by atoms with Crippen LogP contribution in [0.25, 0.3) is 0 Å². The van der Waals surface area contributed by atoms with Crippen molar-refractivity contribution in [2.24, 2.45) is 5.92 Å². The first kappa shape index (κ1) is 15.0. The Bertz CT molecular complexity index is 441. The first-order chi connectivity index (χ1) is 8.93. The van der Waals surface area contributed by atoms with Gasteiger partial charge in [0, 0.05) is 5.69 Å². The van der Waals surface area contributed by atoms with Crippen molar-refractivity contribution in [2.75, 3.05) is 12.4 Å². The van der Waals surface area contributed by atoms with Gasteiger partial charge in [-0.05, 0) is 25.0 Å². The third kappa shape index (κ3) is 4.62. The number of benzene rings is 1. The van der Waals surface area contributed by atoms with Crippen LogP contribution in [-0.4, -0.2) is 25.2 Å². The van der Waals surface area contributed by atoms with Gasteiger partial charge in [0.15, 0.2) is 0 Å². The highest BCUT2D eigenvalue weighted by Gasteiger charge is 2.24. The molecule has 1 aromatic rings. The van der Waals surface area contributed by atoms with Gasteiger partial charge in [-0.3, -0.25) is 0 Å². The van der Waals surface area contributed by atoms with Gasteiger partial charge < -0.3 is 15.4 Å². The predicted molar refractivity (Wildman–Crippen MR) is 74.0 cm³/mol. The highest BCUT2D eigenvalue weighted by molar-refractivity contribution is 5.92. The van der Waals surface area contributed by atoms with E-state index in [1.54, 1.807) is 12.1 Å². The van der Waals surface area contributed by atoms with Gasteiger partial charge in [0.1, 0.15) is 6.04 Å². The molecule has 0 radical (unpaired) electrons. The number of hydrogen-bond donors (Lipinski definition) is 2. The number of amides is 2. The lowest BCUT2D eigenvalue weighted by Crippen LogP contribution is -2.46. The molecule has 5 heteroatoms. The van der Waals surface area contributed by atoms with Crippen LogP contribution in [-0.2, 0) is 9.53 Å². The summed E-state index contributed by atoms with van der Waals surface area (Å²) < 4.78 is 4.66. The fourth-order valence-electron chi connectivity index (χ4n) is 1.57. The summed E-state index contributed by atoms with van der Waals surface area (Å²) in [6, 6.07) is 6.32. The lowest BCUT2D eigenvalue weighted by Gasteiger charge is -2.20. The molecule has 0 fully saturated rings. The van der Waals surface area contributed by atoms with Crippen molar-refractivity contribution in [1.82, 2.24) is 5.32 Å². The number of esters is 1. The van der Waals surface area contributed by atoms with Crippen LogP contribution in [0.3, 0.4) is 0 Å². The monoisotopic (exact) mass is 264 g/mol. The number of urea groups is 1. The molecule has 0 heterocycles. The number of methoxy groups -OCH3 is 1. The molecular formula is C14H20N2O3. The second-order valence-corrected chi connectivity index (χ2v) is 4.71. The van der Waals surface area contributed by atoms with Gasteiger partial charge in [-0.15, -0.1) is 0 Å². The van der Waals surface area contributed by atoms with Gasteiger partial charge in [-0.25, -0.2) is 9.59 Å². The largest absolute Gasteiger partial charge is 0.467 e. The summed E-state index contributed by atoms with van der Waals surface area (Å²) in [6.45, 7) is 5.65. The number of nitrogens with one attached hydrogen (secondary N) is 2. The van der Waals surface area contributed by atoms with Crippen molar-refractivity contribution in [2.45, 2.75) is 26.8 Å². The van der Waals surface area contributed by atoms with Gasteiger partial charge in [0.05, 0.1) is 7.11 Å². The molecule has 2 N–H and O–H groups in total. The summed E-state index contributed by atoms with van der Waals surface area (Å²) in [4.78, 5) is 23.3. The molecule has 0 bridgehead atoms. The van der Waals surface area contributed by atoms with Gasteiger partial charge in [-0.1, -0.05) is 31.5 Å². The Hall–Kier alpha value is -2.04. The van der Waals surface area contributed by atoms with E-state index in [0.29, 0.717) is 5.69 Å². The number of aryl methyl sites for hydroxylation is 1. The first-order valence-electron chi connectivity index (χ1n) is 6.16. The van der Waals surface area contributed by atoms with Gasteiger partial charge in [0.2, 0.25) is 0 Å². The molecule has 1 atom stereocenters. The maximum Gasteiger partial charge on any atom is 0.328 e. The number of anilines is 1. The second kappa shape index (κ2) is 6.78. The second-order valence-electron chi connectivity index (χ2n) is 4.71. The Morgan fingerprint density at radius 1 is 1.16 bits per heavy atom. The standard InChI is InChI=1S/C14H20N2O3/c1-9(2)12(13(17)19-4)16-14(18)15-11-7-5-10(3)6-8-11/h5-9,12H,1-4H3,(H2,15,16,18)/t12-/m1/s1. The summed E-state index contributed by atoms with van der Waals surface area (Å²) >= 11 is 0. The van der Waals surface area contributed by atoms with Crippen molar-refractivity contribution in [1.29, 1.82) is 0 Å². The van der Waals surface area contributed by atoms with E-state index in [1.165, 1.54) is 7.11 Å². The fraction of sp³-hybridized carbons (Fsp3) is 0.429. The van der Waals surface area contributed by atoms with E-state index in [9.17, 15) is 9.59 Å². The quantitative estimate of drug-likeness (QED) is 0.820. The summed E-state index contributed by atoms with van der Waals surface area (Å²) in [5.41, 5.74) is 1.79. The van der Waals surface area contributed by atoms with Gasteiger partial charge >= 0.3 is 12.0 Å². The van der Waals surface area contributed by atoms with Crippen molar-refractivity contribution < 1.29 is 14.3 Å². The third-order valence-electron chi connectivity index (χ3n) is 2.72. The smallest absolute Gasteiger partial charge is 0.328 e. The molecule has 2 amide bonds. The molecule has 0 saturated carbocycles. The Kier molecular flexibility index (Phi) is 5.36. The Morgan fingerprint density at radius 2 is 1.74 bits per heavy atom. The Morgan fingerprint density at radius 3 is 2.21 bits per heavy atom. The summed E-state index contributed by atoms with van der Waals surface area (Å²) in [6.07, 6.45) is 0. The number of rotatable bonds is 4. The molecule has 0 aliphatic carbocycles. The lowest BCUT2D eigenvalue weighted by molar-refractivity contribution is -0.143. The zero-order valence-corrected chi connectivity index (χ0v) is 11.7. The van der Waals surface area contributed by atoms with E-state index in [-0.39, 0.29) is 5.92 Å². The van der Waals surface area contributed by atoms with Gasteiger partial charge in [0.25, 0.3) is 0 Å². The van der Waals surface area contributed by atoms with Crippen LogP contribution in [0.1, 0.15) is 19.4 Å². The van der Waals surface area contributed by atoms with E-state index in [1.807, 2.05) is 32.9 Å². The molecule has 1 rings (SSSR count). The van der Waals surface area contributed by atoms with Crippen molar-refractivity contribution >= 4 is 17.7 Å². The minimum Gasteiger partial charge on any atom is -0.467 e. The van der Waals surface area contributed by atoms with Crippen LogP contribution in [0.5, 0.6) is 0 Å². The summed E-state index contributed by atoms with van der Waals surface area (Å²) in [5.74, 6) is -0.495. The lowest BCUT2D eigenvalue weighted by atomic mass is 10.1. The molecule has 1 aromatic carbocycles. The summed E-state index contributed by atoms with van der Waals surface area (Å²) in [7, 11) is 1.30. The predicted octanol–water partition coefficient (Wildman–Crippen LogP) is 2.31. The average molecular weight is 264 g/mol. The number of carbonyl (C=O) groups is 2. The SMILES string of the molecule is COC(=O)[C@H](NC(=O)Nc1ccc(C)cc1)C(C)C. The third-order valence-corrected chi connectivity index (χ3v) is 2.72. The molecular weight excluding hydrogens is 244 g/mol. The van der Waals surface area contributed by atoms with Gasteiger partial charge in [-0.2, -0.15) is 0 Å². The number of ether oxygens (including phenoxy) is 1. The highest BCUT2D eigenvalue weighted by Crippen LogP contribution is 2.09. The zero-order valence-electron chi connectivity index (χ0n) is 11.7. The number of hydrogen-bond acceptors (Lipinski definition) is 3. The molecule has 0 aliphatic rings. The molecule has 0 unspecified atom stereocenters. The Balaban J connectivity index is 2.62. The molecule has 0 aromatic heterocycles. The van der Waals surface area contributed by atoms with Crippen molar-refractivity contribution in [3.63, 3.8) is 0 Å². The normalized spacial score (nSPS) is 11.8. The van der Waals surface area contributed by atoms with Crippen LogP contribution in [0.4, 0.5) is 10.5 Å². The average Bonchev–Trinajstić information content (AvgIpc) is 2.37. The molecule has 0 saturated heterocycles. The van der Waals surface area contributed by atoms with E-state index >= 15 is 0 Å². The van der Waals surface area contributed by atoms with E-state index < -0.39 is 18.0 Å². The minimum absolute atomic E-state index is 0.0452. The number of carbonyl (C=O) groups excluding carboxylic acids is 2. The van der Waals surface area contributed by atoms with Crippen LogP contribution in [0.15, 0.2) is 24.3 Å². The molecule has 19 heavy (non-hydrogen) atoms. The first-order valence-corrected chi connectivity index (χ1v) is 6.16. The van der Waals surface area contributed by atoms with Crippen LogP contribution >= 0.6 is 0 Å². The summed E-state index contributed by atoms with van der Waals surface area (Å²) in [5, 5.41) is 5.28. The van der Waals surface area contributed by atoms with E-state index in [0.717, 1.165) is 5.56 Å². The molecule has 104 valence electrons. The van der Waals surface area contributed by atoms with Crippen LogP contribution in [0.2, 0.25) is 0 Å². The molecule has 0 aliphatic heterocycles. The topological polar surface area (TPSA) is 67.4 Å². The van der Waals surface area contributed by atoms with E-state index in [4.69, 9.17) is 0 Å². The Labute approximate surface area is 113 Å². The fourth-order valence-corrected chi connectivity index (χ4v) is 1.57. The highest BCUT2D eigenvalue weighted by atomic mass is 16.5. The van der Waals surface area contributed by atoms with Crippen molar-refractivity contribution in [3.05, 3.63) is 29.8 Å².